The van der Waals surface area contributed by atoms with E-state index in [4.69, 9.17) is 0 Å². The van der Waals surface area contributed by atoms with E-state index in [0.717, 1.165) is 11.3 Å². The molecule has 134 valence electrons. The zero-order chi connectivity index (χ0) is 18.5. The number of amides is 1. The lowest BCUT2D eigenvalue weighted by Gasteiger charge is -2.20. The summed E-state index contributed by atoms with van der Waals surface area (Å²) in [6, 6.07) is 15.9. The maximum absolute atomic E-state index is 13.3. The van der Waals surface area contributed by atoms with E-state index < -0.39 is 0 Å². The number of para-hydroxylation sites is 1. The van der Waals surface area contributed by atoms with Crippen molar-refractivity contribution in [3.05, 3.63) is 72.3 Å². The second-order valence-electron chi connectivity index (χ2n) is 5.89. The van der Waals surface area contributed by atoms with E-state index in [9.17, 15) is 9.18 Å². The summed E-state index contributed by atoms with van der Waals surface area (Å²) in [6.45, 7) is 2.17. The molecule has 5 nitrogen and oxygen atoms in total. The van der Waals surface area contributed by atoms with Gasteiger partial charge in [-0.2, -0.15) is 0 Å². The predicted molar refractivity (Wildman–Crippen MR) is 99.6 cm³/mol. The molecule has 0 aliphatic carbocycles. The number of hydrogen-bond donors (Lipinski definition) is 0. The van der Waals surface area contributed by atoms with Crippen molar-refractivity contribution in [2.45, 2.75) is 23.9 Å². The normalized spacial score (nSPS) is 12.0. The third kappa shape index (κ3) is 4.49. The lowest BCUT2D eigenvalue weighted by atomic mass is 10.2. The van der Waals surface area contributed by atoms with Gasteiger partial charge in [-0.25, -0.2) is 14.1 Å². The second-order valence-corrected chi connectivity index (χ2v) is 7.20. The van der Waals surface area contributed by atoms with Crippen LogP contribution in [-0.4, -0.2) is 37.9 Å². The summed E-state index contributed by atoms with van der Waals surface area (Å²) >= 11 is 1.30. The van der Waals surface area contributed by atoms with Crippen LogP contribution >= 0.6 is 11.8 Å². The smallest absolute Gasteiger partial charge is 0.235 e. The van der Waals surface area contributed by atoms with Crippen molar-refractivity contribution in [2.24, 2.45) is 0 Å². The van der Waals surface area contributed by atoms with Crippen LogP contribution in [0.15, 0.2) is 66.1 Å². The Morgan fingerprint density at radius 3 is 2.73 bits per heavy atom. The third-order valence-corrected chi connectivity index (χ3v) is 4.76. The first-order valence-corrected chi connectivity index (χ1v) is 9.04. The highest BCUT2D eigenvalue weighted by atomic mass is 32.2. The lowest BCUT2D eigenvalue weighted by molar-refractivity contribution is -0.129. The number of thioether (sulfide) groups is 1. The van der Waals surface area contributed by atoms with Crippen molar-refractivity contribution >= 4 is 17.7 Å². The van der Waals surface area contributed by atoms with Crippen LogP contribution in [0.1, 0.15) is 12.5 Å². The molecular weight excluding hydrogens is 351 g/mol. The number of rotatable bonds is 6. The minimum Gasteiger partial charge on any atom is -0.340 e. The van der Waals surface area contributed by atoms with E-state index in [2.05, 4.69) is 10.1 Å². The first-order chi connectivity index (χ1) is 12.5. The first-order valence-electron chi connectivity index (χ1n) is 8.16. The molecule has 0 radical (unpaired) electrons. The van der Waals surface area contributed by atoms with E-state index in [0.29, 0.717) is 11.7 Å². The number of halogens is 1. The molecule has 1 heterocycles. The molecule has 7 heteroatoms. The Labute approximate surface area is 155 Å². The minimum atomic E-state index is -0.347. The van der Waals surface area contributed by atoms with Crippen LogP contribution < -0.4 is 0 Å². The average molecular weight is 370 g/mol. The molecule has 2 aromatic carbocycles. The van der Waals surface area contributed by atoms with E-state index in [1.165, 1.54) is 23.9 Å². The maximum atomic E-state index is 13.3. The van der Waals surface area contributed by atoms with Gasteiger partial charge < -0.3 is 4.90 Å². The molecule has 0 N–H and O–H groups in total. The van der Waals surface area contributed by atoms with Gasteiger partial charge in [0.2, 0.25) is 11.1 Å². The minimum absolute atomic E-state index is 0.0599. The van der Waals surface area contributed by atoms with Crippen molar-refractivity contribution in [2.75, 3.05) is 7.05 Å². The summed E-state index contributed by atoms with van der Waals surface area (Å²) in [5.74, 6) is -0.364. The standard InChI is InChI=1S/C19H19FN4OS/c1-14(18(25)23(2)12-15-7-6-8-16(20)11-15)26-19-21-13-24(22-19)17-9-4-3-5-10-17/h3-11,13-14H,12H2,1-2H3/t14-/m0/s1. The molecule has 3 rings (SSSR count). The van der Waals surface area contributed by atoms with Gasteiger partial charge >= 0.3 is 0 Å². The molecule has 1 amide bonds. The van der Waals surface area contributed by atoms with Gasteiger partial charge in [-0.3, -0.25) is 4.79 Å². The largest absolute Gasteiger partial charge is 0.340 e. The molecule has 1 atom stereocenters. The topological polar surface area (TPSA) is 51.0 Å². The highest BCUT2D eigenvalue weighted by molar-refractivity contribution is 8.00. The van der Waals surface area contributed by atoms with E-state index in [1.54, 1.807) is 35.1 Å². The van der Waals surface area contributed by atoms with Crippen LogP contribution in [0.2, 0.25) is 0 Å². The van der Waals surface area contributed by atoms with Gasteiger partial charge in [0.15, 0.2) is 0 Å². The molecular formula is C19H19FN4OS. The van der Waals surface area contributed by atoms with Crippen LogP contribution in [0, 0.1) is 5.82 Å². The maximum Gasteiger partial charge on any atom is 0.235 e. The Bertz CT molecular complexity index is 884. The van der Waals surface area contributed by atoms with Crippen molar-refractivity contribution in [3.8, 4) is 5.69 Å². The number of carbonyl (C=O) groups excluding carboxylic acids is 1. The van der Waals surface area contributed by atoms with E-state index in [1.807, 2.05) is 37.3 Å². The molecule has 0 aliphatic heterocycles. The van der Waals surface area contributed by atoms with Gasteiger partial charge in [0, 0.05) is 13.6 Å². The molecule has 0 spiro atoms. The molecule has 0 unspecified atom stereocenters. The summed E-state index contributed by atoms with van der Waals surface area (Å²) in [4.78, 5) is 18.4. The van der Waals surface area contributed by atoms with Crippen molar-refractivity contribution < 1.29 is 9.18 Å². The van der Waals surface area contributed by atoms with Crippen LogP contribution in [0.25, 0.3) is 5.69 Å². The zero-order valence-electron chi connectivity index (χ0n) is 14.5. The van der Waals surface area contributed by atoms with Gasteiger partial charge in [0.25, 0.3) is 0 Å². The molecule has 0 saturated carbocycles. The molecule has 1 aromatic heterocycles. The monoisotopic (exact) mass is 370 g/mol. The van der Waals surface area contributed by atoms with Gasteiger partial charge in [0.1, 0.15) is 12.1 Å². The van der Waals surface area contributed by atoms with Gasteiger partial charge in [-0.15, -0.1) is 5.10 Å². The fourth-order valence-corrected chi connectivity index (χ4v) is 3.35. The van der Waals surface area contributed by atoms with Gasteiger partial charge in [-0.05, 0) is 36.8 Å². The average Bonchev–Trinajstić information content (AvgIpc) is 3.10. The number of benzene rings is 2. The molecule has 0 bridgehead atoms. The van der Waals surface area contributed by atoms with Crippen LogP contribution in [0.4, 0.5) is 4.39 Å². The van der Waals surface area contributed by atoms with Crippen LogP contribution in [0.5, 0.6) is 0 Å². The van der Waals surface area contributed by atoms with Crippen molar-refractivity contribution in [1.29, 1.82) is 0 Å². The Balaban J connectivity index is 1.61. The molecule has 3 aromatic rings. The SMILES string of the molecule is C[C@H](Sc1ncn(-c2ccccc2)n1)C(=O)N(C)Cc1cccc(F)c1. The highest BCUT2D eigenvalue weighted by Crippen LogP contribution is 2.22. The van der Waals surface area contributed by atoms with Crippen LogP contribution in [0.3, 0.4) is 0 Å². The van der Waals surface area contributed by atoms with Crippen molar-refractivity contribution in [3.63, 3.8) is 0 Å². The van der Waals surface area contributed by atoms with Crippen molar-refractivity contribution in [1.82, 2.24) is 19.7 Å². The van der Waals surface area contributed by atoms with E-state index in [-0.39, 0.29) is 17.0 Å². The fourth-order valence-electron chi connectivity index (χ4n) is 2.51. The summed E-state index contributed by atoms with van der Waals surface area (Å²) in [5.41, 5.74) is 1.67. The van der Waals surface area contributed by atoms with Gasteiger partial charge in [-0.1, -0.05) is 42.1 Å². The summed E-state index contributed by atoms with van der Waals surface area (Å²) in [7, 11) is 1.71. The summed E-state index contributed by atoms with van der Waals surface area (Å²) < 4.78 is 15.0. The molecule has 0 aliphatic rings. The van der Waals surface area contributed by atoms with Gasteiger partial charge in [0.05, 0.1) is 10.9 Å². The van der Waals surface area contributed by atoms with Crippen LogP contribution in [-0.2, 0) is 11.3 Å². The Kier molecular flexibility index (Phi) is 5.68. The molecule has 0 saturated heterocycles. The third-order valence-electron chi connectivity index (χ3n) is 3.81. The Hall–Kier alpha value is -2.67. The van der Waals surface area contributed by atoms with E-state index >= 15 is 0 Å². The predicted octanol–water partition coefficient (Wildman–Crippen LogP) is 3.55. The Morgan fingerprint density at radius 2 is 2.00 bits per heavy atom. The second kappa shape index (κ2) is 8.14. The lowest BCUT2D eigenvalue weighted by Crippen LogP contribution is -2.32. The summed E-state index contributed by atoms with van der Waals surface area (Å²) in [5, 5.41) is 4.59. The number of hydrogen-bond acceptors (Lipinski definition) is 4. The molecule has 0 fully saturated rings. The zero-order valence-corrected chi connectivity index (χ0v) is 15.4. The quantitative estimate of drug-likeness (QED) is 0.623. The number of nitrogens with zero attached hydrogens (tertiary/aromatic N) is 4. The number of carbonyl (C=O) groups is 1. The molecule has 26 heavy (non-hydrogen) atoms. The number of aromatic nitrogens is 3. The fraction of sp³-hybridized carbons (Fsp3) is 0.211. The summed E-state index contributed by atoms with van der Waals surface area (Å²) in [6.07, 6.45) is 1.63. The highest BCUT2D eigenvalue weighted by Gasteiger charge is 2.21. The Morgan fingerprint density at radius 1 is 1.23 bits per heavy atom. The first kappa shape index (κ1) is 18.1.